The number of carbonyl (C=O) groups excluding carboxylic acids is 2. The second-order valence-electron chi connectivity index (χ2n) is 4.97. The summed E-state index contributed by atoms with van der Waals surface area (Å²) in [5.41, 5.74) is 3.30. The molecule has 1 aliphatic rings. The Hall–Kier alpha value is -2.69. The first-order valence-electron chi connectivity index (χ1n) is 6.77. The second kappa shape index (κ2) is 5.36. The van der Waals surface area contributed by atoms with Crippen LogP contribution in [0.2, 0.25) is 0 Å². The number of hydrogen-bond acceptors (Lipinski definition) is 3. The SMILES string of the molecule is CC(=O)Nc1ccc2c(c1)N(C(=O)c1ccncc1)CC2. The number of pyridine rings is 1. The van der Waals surface area contributed by atoms with Crippen LogP contribution in [0.15, 0.2) is 42.7 Å². The van der Waals surface area contributed by atoms with E-state index in [2.05, 4.69) is 10.3 Å². The molecular weight excluding hydrogens is 266 g/mol. The Balaban J connectivity index is 1.92. The molecule has 0 atom stereocenters. The summed E-state index contributed by atoms with van der Waals surface area (Å²) in [5, 5.41) is 2.75. The highest BCUT2D eigenvalue weighted by atomic mass is 16.2. The average molecular weight is 281 g/mol. The van der Waals surface area contributed by atoms with E-state index in [4.69, 9.17) is 0 Å². The number of anilines is 2. The molecule has 106 valence electrons. The third-order valence-corrected chi connectivity index (χ3v) is 3.47. The number of fused-ring (bicyclic) bond motifs is 1. The molecule has 0 bridgehead atoms. The van der Waals surface area contributed by atoms with Crippen LogP contribution >= 0.6 is 0 Å². The number of hydrogen-bond donors (Lipinski definition) is 1. The first-order chi connectivity index (χ1) is 10.1. The summed E-state index contributed by atoms with van der Waals surface area (Å²) in [4.78, 5) is 29.4. The first kappa shape index (κ1) is 13.3. The van der Waals surface area contributed by atoms with Gasteiger partial charge in [-0.25, -0.2) is 0 Å². The summed E-state index contributed by atoms with van der Waals surface area (Å²) < 4.78 is 0. The molecule has 0 fully saturated rings. The summed E-state index contributed by atoms with van der Waals surface area (Å²) in [6, 6.07) is 9.08. The van der Waals surface area contributed by atoms with Gasteiger partial charge in [-0.05, 0) is 36.2 Å². The van der Waals surface area contributed by atoms with Crippen molar-refractivity contribution in [1.29, 1.82) is 0 Å². The minimum atomic E-state index is -0.125. The topological polar surface area (TPSA) is 62.3 Å². The van der Waals surface area contributed by atoms with Gasteiger partial charge in [0, 0.05) is 42.8 Å². The zero-order valence-corrected chi connectivity index (χ0v) is 11.7. The van der Waals surface area contributed by atoms with Crippen LogP contribution in [0.25, 0.3) is 0 Å². The number of rotatable bonds is 2. The number of nitrogens with one attached hydrogen (secondary N) is 1. The molecule has 3 rings (SSSR count). The quantitative estimate of drug-likeness (QED) is 0.918. The fraction of sp³-hybridized carbons (Fsp3) is 0.188. The summed E-state index contributed by atoms with van der Waals surface area (Å²) in [6.45, 7) is 2.12. The molecular formula is C16H15N3O2. The van der Waals surface area contributed by atoms with Crippen molar-refractivity contribution >= 4 is 23.2 Å². The van der Waals surface area contributed by atoms with E-state index >= 15 is 0 Å². The van der Waals surface area contributed by atoms with Gasteiger partial charge in [0.05, 0.1) is 0 Å². The molecule has 1 aromatic carbocycles. The van der Waals surface area contributed by atoms with Crippen LogP contribution in [0.4, 0.5) is 11.4 Å². The molecule has 21 heavy (non-hydrogen) atoms. The van der Waals surface area contributed by atoms with Crippen molar-refractivity contribution in [2.45, 2.75) is 13.3 Å². The number of benzene rings is 1. The molecule has 2 amide bonds. The van der Waals surface area contributed by atoms with Crippen LogP contribution < -0.4 is 10.2 Å². The third-order valence-electron chi connectivity index (χ3n) is 3.47. The highest BCUT2D eigenvalue weighted by Crippen LogP contribution is 2.31. The number of nitrogens with zero attached hydrogens (tertiary/aromatic N) is 2. The average Bonchev–Trinajstić information content (AvgIpc) is 2.90. The van der Waals surface area contributed by atoms with E-state index in [-0.39, 0.29) is 11.8 Å². The van der Waals surface area contributed by atoms with E-state index in [0.717, 1.165) is 17.7 Å². The van der Waals surface area contributed by atoms with Gasteiger partial charge in [-0.1, -0.05) is 6.07 Å². The molecule has 0 spiro atoms. The van der Waals surface area contributed by atoms with Crippen molar-refractivity contribution < 1.29 is 9.59 Å². The fourth-order valence-corrected chi connectivity index (χ4v) is 2.52. The maximum absolute atomic E-state index is 12.6. The van der Waals surface area contributed by atoms with Gasteiger partial charge in [-0.2, -0.15) is 0 Å². The third kappa shape index (κ3) is 2.63. The Kier molecular flexibility index (Phi) is 3.39. The minimum absolute atomic E-state index is 0.0453. The largest absolute Gasteiger partial charge is 0.326 e. The summed E-state index contributed by atoms with van der Waals surface area (Å²) in [7, 11) is 0. The van der Waals surface area contributed by atoms with Crippen LogP contribution in [0.5, 0.6) is 0 Å². The smallest absolute Gasteiger partial charge is 0.258 e. The predicted octanol–water partition coefficient (Wildman–Crippen LogP) is 2.24. The highest BCUT2D eigenvalue weighted by molar-refractivity contribution is 6.07. The maximum atomic E-state index is 12.6. The van der Waals surface area contributed by atoms with Crippen LogP contribution in [0.3, 0.4) is 0 Å². The first-order valence-corrected chi connectivity index (χ1v) is 6.77. The van der Waals surface area contributed by atoms with Gasteiger partial charge in [-0.3, -0.25) is 14.6 Å². The monoisotopic (exact) mass is 281 g/mol. The molecule has 0 saturated carbocycles. The van der Waals surface area contributed by atoms with E-state index < -0.39 is 0 Å². The summed E-state index contributed by atoms with van der Waals surface area (Å²) in [6.07, 6.45) is 4.04. The van der Waals surface area contributed by atoms with E-state index in [9.17, 15) is 9.59 Å². The molecule has 2 aromatic rings. The van der Waals surface area contributed by atoms with Gasteiger partial charge in [0.2, 0.25) is 5.91 Å². The predicted molar refractivity (Wildman–Crippen MR) is 80.4 cm³/mol. The maximum Gasteiger partial charge on any atom is 0.258 e. The van der Waals surface area contributed by atoms with E-state index in [1.807, 2.05) is 18.2 Å². The lowest BCUT2D eigenvalue weighted by atomic mass is 10.1. The number of aromatic nitrogens is 1. The van der Waals surface area contributed by atoms with Crippen molar-refractivity contribution in [3.63, 3.8) is 0 Å². The van der Waals surface area contributed by atoms with Crippen molar-refractivity contribution in [1.82, 2.24) is 4.98 Å². The van der Waals surface area contributed by atoms with E-state index in [0.29, 0.717) is 17.8 Å². The normalized spacial score (nSPS) is 12.9. The fourth-order valence-electron chi connectivity index (χ4n) is 2.52. The molecule has 1 aromatic heterocycles. The lowest BCUT2D eigenvalue weighted by molar-refractivity contribution is -0.114. The van der Waals surface area contributed by atoms with E-state index in [1.165, 1.54) is 6.92 Å². The zero-order valence-electron chi connectivity index (χ0n) is 11.7. The second-order valence-corrected chi connectivity index (χ2v) is 4.97. The lowest BCUT2D eigenvalue weighted by Gasteiger charge is -2.18. The molecule has 0 saturated heterocycles. The molecule has 1 N–H and O–H groups in total. The van der Waals surface area contributed by atoms with Crippen molar-refractivity contribution in [2.75, 3.05) is 16.8 Å². The summed E-state index contributed by atoms with van der Waals surface area (Å²) >= 11 is 0. The van der Waals surface area contributed by atoms with Crippen molar-refractivity contribution in [2.24, 2.45) is 0 Å². The van der Waals surface area contributed by atoms with Crippen LogP contribution in [-0.2, 0) is 11.2 Å². The van der Waals surface area contributed by atoms with Gasteiger partial charge in [0.25, 0.3) is 5.91 Å². The van der Waals surface area contributed by atoms with Gasteiger partial charge >= 0.3 is 0 Å². The standard InChI is InChI=1S/C16H15N3O2/c1-11(20)18-14-3-2-12-6-9-19(15(12)10-14)16(21)13-4-7-17-8-5-13/h2-5,7-8,10H,6,9H2,1H3,(H,18,20). The Morgan fingerprint density at radius 1 is 1.19 bits per heavy atom. The van der Waals surface area contributed by atoms with Gasteiger partial charge in [-0.15, -0.1) is 0 Å². The molecule has 2 heterocycles. The molecule has 5 nitrogen and oxygen atoms in total. The van der Waals surface area contributed by atoms with Crippen molar-refractivity contribution in [3.8, 4) is 0 Å². The molecule has 0 radical (unpaired) electrons. The van der Waals surface area contributed by atoms with E-state index in [1.54, 1.807) is 29.4 Å². The van der Waals surface area contributed by atoms with Gasteiger partial charge in [0.15, 0.2) is 0 Å². The molecule has 0 unspecified atom stereocenters. The van der Waals surface area contributed by atoms with Crippen LogP contribution in [0.1, 0.15) is 22.8 Å². The number of carbonyl (C=O) groups is 2. The molecule has 1 aliphatic heterocycles. The Bertz CT molecular complexity index is 698. The van der Waals surface area contributed by atoms with Crippen molar-refractivity contribution in [3.05, 3.63) is 53.9 Å². The van der Waals surface area contributed by atoms with Crippen LogP contribution in [-0.4, -0.2) is 23.3 Å². The van der Waals surface area contributed by atoms with Crippen LogP contribution in [0, 0.1) is 0 Å². The highest BCUT2D eigenvalue weighted by Gasteiger charge is 2.25. The van der Waals surface area contributed by atoms with Gasteiger partial charge < -0.3 is 10.2 Å². The lowest BCUT2D eigenvalue weighted by Crippen LogP contribution is -2.28. The molecule has 0 aliphatic carbocycles. The zero-order chi connectivity index (χ0) is 14.8. The van der Waals surface area contributed by atoms with Gasteiger partial charge in [0.1, 0.15) is 0 Å². The number of amides is 2. The Labute approximate surface area is 122 Å². The molecule has 5 heteroatoms. The Morgan fingerprint density at radius 3 is 2.67 bits per heavy atom. The minimum Gasteiger partial charge on any atom is -0.326 e. The Morgan fingerprint density at radius 2 is 1.95 bits per heavy atom. The summed E-state index contributed by atoms with van der Waals surface area (Å²) in [5.74, 6) is -0.170.